The number of nitrogen functional groups attached to an aromatic ring is 1. The zero-order chi connectivity index (χ0) is 9.97. The molecule has 4 heteroatoms. The van der Waals surface area contributed by atoms with Crippen LogP contribution in [0.15, 0.2) is 22.7 Å². The van der Waals surface area contributed by atoms with E-state index < -0.39 is 0 Å². The van der Waals surface area contributed by atoms with E-state index in [-0.39, 0.29) is 6.10 Å². The van der Waals surface area contributed by atoms with Crippen molar-refractivity contribution in [2.24, 2.45) is 0 Å². The van der Waals surface area contributed by atoms with Gasteiger partial charge in [0.1, 0.15) is 11.9 Å². The number of hydrogen-bond acceptors (Lipinski definition) is 3. The summed E-state index contributed by atoms with van der Waals surface area (Å²) in [4.78, 5) is 0. The second kappa shape index (κ2) is 4.19. The van der Waals surface area contributed by atoms with E-state index in [0.29, 0.717) is 6.61 Å². The van der Waals surface area contributed by atoms with E-state index in [1.165, 1.54) is 0 Å². The average Bonchev–Trinajstić information content (AvgIpc) is 2.62. The highest BCUT2D eigenvalue weighted by Gasteiger charge is 2.17. The van der Waals surface area contributed by atoms with Crippen LogP contribution in [0, 0.1) is 0 Å². The van der Waals surface area contributed by atoms with Gasteiger partial charge in [-0.2, -0.15) is 0 Å². The van der Waals surface area contributed by atoms with Gasteiger partial charge in [-0.05, 0) is 34.1 Å². The van der Waals surface area contributed by atoms with E-state index in [9.17, 15) is 0 Å². The topological polar surface area (TPSA) is 44.5 Å². The van der Waals surface area contributed by atoms with Crippen molar-refractivity contribution in [2.45, 2.75) is 12.5 Å². The molecule has 0 amide bonds. The second-order valence-electron chi connectivity index (χ2n) is 3.29. The molecule has 1 aromatic rings. The maximum atomic E-state index is 5.73. The Morgan fingerprint density at radius 2 is 2.36 bits per heavy atom. The minimum absolute atomic E-state index is 0.176. The lowest BCUT2D eigenvalue weighted by Crippen LogP contribution is -2.15. The summed E-state index contributed by atoms with van der Waals surface area (Å²) in [6.07, 6.45) is 1.13. The molecule has 0 saturated carbocycles. The summed E-state index contributed by atoms with van der Waals surface area (Å²) in [5, 5.41) is 0. The molecule has 3 nitrogen and oxygen atoms in total. The van der Waals surface area contributed by atoms with Gasteiger partial charge >= 0.3 is 0 Å². The van der Waals surface area contributed by atoms with Crippen molar-refractivity contribution in [3.63, 3.8) is 0 Å². The van der Waals surface area contributed by atoms with Crippen LogP contribution in [0.5, 0.6) is 5.75 Å². The quantitative estimate of drug-likeness (QED) is 0.827. The Balaban J connectivity index is 2.08. The first-order valence-electron chi connectivity index (χ1n) is 4.55. The van der Waals surface area contributed by atoms with Gasteiger partial charge in [0.05, 0.1) is 17.7 Å². The highest BCUT2D eigenvalue weighted by atomic mass is 79.9. The summed E-state index contributed by atoms with van der Waals surface area (Å²) in [6.45, 7) is 1.47. The monoisotopic (exact) mass is 257 g/mol. The van der Waals surface area contributed by atoms with Crippen molar-refractivity contribution in [3.8, 4) is 5.75 Å². The standard InChI is InChI=1S/C10H12BrNO2/c11-9-5-7(12)1-2-10(9)14-8-3-4-13-6-8/h1-2,5,8H,3-4,6,12H2/t8-/m1/s1. The van der Waals surface area contributed by atoms with Gasteiger partial charge in [0.2, 0.25) is 0 Å². The molecule has 76 valence electrons. The number of ether oxygens (including phenoxy) is 2. The molecule has 0 bridgehead atoms. The van der Waals surface area contributed by atoms with Gasteiger partial charge in [-0.3, -0.25) is 0 Å². The fourth-order valence-corrected chi connectivity index (χ4v) is 1.89. The first kappa shape index (κ1) is 9.80. The van der Waals surface area contributed by atoms with Crippen LogP contribution in [-0.4, -0.2) is 19.3 Å². The Morgan fingerprint density at radius 1 is 1.50 bits per heavy atom. The molecule has 1 fully saturated rings. The van der Waals surface area contributed by atoms with E-state index >= 15 is 0 Å². The lowest BCUT2D eigenvalue weighted by molar-refractivity contribution is 0.141. The van der Waals surface area contributed by atoms with Crippen LogP contribution in [0.4, 0.5) is 5.69 Å². The first-order chi connectivity index (χ1) is 6.75. The average molecular weight is 258 g/mol. The second-order valence-corrected chi connectivity index (χ2v) is 4.15. The largest absolute Gasteiger partial charge is 0.487 e. The van der Waals surface area contributed by atoms with Crippen molar-refractivity contribution in [2.75, 3.05) is 18.9 Å². The summed E-state index contributed by atoms with van der Waals surface area (Å²) < 4.78 is 11.9. The molecule has 0 unspecified atom stereocenters. The van der Waals surface area contributed by atoms with Gasteiger partial charge in [-0.25, -0.2) is 0 Å². The maximum Gasteiger partial charge on any atom is 0.134 e. The minimum Gasteiger partial charge on any atom is -0.487 e. The molecule has 1 atom stereocenters. The molecule has 1 saturated heterocycles. The fraction of sp³-hybridized carbons (Fsp3) is 0.400. The fourth-order valence-electron chi connectivity index (χ4n) is 1.40. The lowest BCUT2D eigenvalue weighted by atomic mass is 10.3. The van der Waals surface area contributed by atoms with E-state index in [1.807, 2.05) is 18.2 Å². The molecule has 1 heterocycles. The molecule has 2 rings (SSSR count). The number of benzene rings is 1. The molecule has 0 spiro atoms. The highest BCUT2D eigenvalue weighted by molar-refractivity contribution is 9.10. The van der Waals surface area contributed by atoms with Crippen LogP contribution < -0.4 is 10.5 Å². The molecule has 0 aliphatic carbocycles. The summed E-state index contributed by atoms with van der Waals surface area (Å²) in [5.74, 6) is 0.828. The zero-order valence-electron chi connectivity index (χ0n) is 7.70. The molecular formula is C10H12BrNO2. The van der Waals surface area contributed by atoms with Gasteiger partial charge in [0.15, 0.2) is 0 Å². The lowest BCUT2D eigenvalue weighted by Gasteiger charge is -2.13. The summed E-state index contributed by atoms with van der Waals surface area (Å²) in [5.41, 5.74) is 6.35. The summed E-state index contributed by atoms with van der Waals surface area (Å²) in [7, 11) is 0. The number of halogens is 1. The SMILES string of the molecule is Nc1ccc(O[C@@H]2CCOC2)c(Br)c1. The van der Waals surface area contributed by atoms with E-state index in [2.05, 4.69) is 15.9 Å². The third-order valence-corrected chi connectivity index (χ3v) is 2.76. The maximum absolute atomic E-state index is 5.73. The first-order valence-corrected chi connectivity index (χ1v) is 5.34. The van der Waals surface area contributed by atoms with Crippen molar-refractivity contribution in [1.29, 1.82) is 0 Å². The van der Waals surface area contributed by atoms with Gasteiger partial charge in [0, 0.05) is 12.1 Å². The van der Waals surface area contributed by atoms with Crippen LogP contribution in [0.2, 0.25) is 0 Å². The minimum atomic E-state index is 0.176. The molecular weight excluding hydrogens is 246 g/mol. The Hall–Kier alpha value is -0.740. The Kier molecular flexibility index (Phi) is 2.93. The number of hydrogen-bond donors (Lipinski definition) is 1. The molecule has 1 aliphatic heterocycles. The number of nitrogens with two attached hydrogens (primary N) is 1. The molecule has 0 aromatic heterocycles. The predicted octanol–water partition coefficient (Wildman–Crippen LogP) is 2.20. The van der Waals surface area contributed by atoms with E-state index in [4.69, 9.17) is 15.2 Å². The smallest absolute Gasteiger partial charge is 0.134 e. The van der Waals surface area contributed by atoms with Crippen molar-refractivity contribution in [3.05, 3.63) is 22.7 Å². The van der Waals surface area contributed by atoms with Crippen molar-refractivity contribution >= 4 is 21.6 Å². The molecule has 1 aromatic carbocycles. The highest BCUT2D eigenvalue weighted by Crippen LogP contribution is 2.28. The molecule has 1 aliphatic rings. The predicted molar refractivity (Wildman–Crippen MR) is 58.4 cm³/mol. The molecule has 2 N–H and O–H groups in total. The number of anilines is 1. The van der Waals surface area contributed by atoms with E-state index in [1.54, 1.807) is 0 Å². The van der Waals surface area contributed by atoms with Crippen LogP contribution >= 0.6 is 15.9 Å². The van der Waals surface area contributed by atoms with Crippen LogP contribution in [0.25, 0.3) is 0 Å². The van der Waals surface area contributed by atoms with Crippen LogP contribution in [0.1, 0.15) is 6.42 Å². The van der Waals surface area contributed by atoms with E-state index in [0.717, 1.165) is 28.9 Å². The van der Waals surface area contributed by atoms with Crippen LogP contribution in [0.3, 0.4) is 0 Å². The van der Waals surface area contributed by atoms with Gasteiger partial charge in [0.25, 0.3) is 0 Å². The summed E-state index contributed by atoms with van der Waals surface area (Å²) >= 11 is 3.41. The van der Waals surface area contributed by atoms with Crippen LogP contribution in [-0.2, 0) is 4.74 Å². The Labute approximate surface area is 91.3 Å². The molecule has 0 radical (unpaired) electrons. The molecule has 14 heavy (non-hydrogen) atoms. The van der Waals surface area contributed by atoms with Crippen molar-refractivity contribution < 1.29 is 9.47 Å². The number of rotatable bonds is 2. The van der Waals surface area contributed by atoms with Gasteiger partial charge < -0.3 is 15.2 Å². The normalized spacial score (nSPS) is 21.1. The Bertz CT molecular complexity index is 324. The third-order valence-electron chi connectivity index (χ3n) is 2.14. The third kappa shape index (κ3) is 2.19. The van der Waals surface area contributed by atoms with Crippen molar-refractivity contribution in [1.82, 2.24) is 0 Å². The van der Waals surface area contributed by atoms with Gasteiger partial charge in [-0.1, -0.05) is 0 Å². The van der Waals surface area contributed by atoms with Gasteiger partial charge in [-0.15, -0.1) is 0 Å². The summed E-state index contributed by atoms with van der Waals surface area (Å²) in [6, 6.07) is 5.54. The zero-order valence-corrected chi connectivity index (χ0v) is 9.29. The Morgan fingerprint density at radius 3 is 3.00 bits per heavy atom.